The normalized spacial score (nSPS) is 12.0. The van der Waals surface area contributed by atoms with Gasteiger partial charge in [-0.05, 0) is 35.7 Å². The van der Waals surface area contributed by atoms with E-state index in [-0.39, 0.29) is 24.2 Å². The molecule has 2 rings (SSSR count). The molecule has 0 aliphatic carbocycles. The number of carbonyl (C=O) groups is 1. The lowest BCUT2D eigenvalue weighted by atomic mass is 10.1. The summed E-state index contributed by atoms with van der Waals surface area (Å²) in [6.07, 6.45) is 0.253. The average Bonchev–Trinajstić information content (AvgIpc) is 2.56. The number of halogens is 3. The van der Waals surface area contributed by atoms with Gasteiger partial charge >= 0.3 is 0 Å². The van der Waals surface area contributed by atoms with Crippen molar-refractivity contribution in [1.29, 1.82) is 0 Å². The second-order valence-corrected chi connectivity index (χ2v) is 5.23. The minimum atomic E-state index is -1.61. The second-order valence-electron chi connectivity index (χ2n) is 5.23. The fourth-order valence-corrected chi connectivity index (χ4v) is 2.25. The molecule has 0 aliphatic heterocycles. The first kappa shape index (κ1) is 17.8. The highest BCUT2D eigenvalue weighted by molar-refractivity contribution is 5.76. The first-order chi connectivity index (χ1) is 11.4. The molecule has 1 atom stereocenters. The van der Waals surface area contributed by atoms with Gasteiger partial charge in [0.2, 0.25) is 5.91 Å². The number of nitrogens with one attached hydrogen (secondary N) is 1. The largest absolute Gasteiger partial charge is 0.508 e. The summed E-state index contributed by atoms with van der Waals surface area (Å²) in [5, 5.41) is 21.4. The number of amides is 1. The molecule has 128 valence electrons. The van der Waals surface area contributed by atoms with Crippen molar-refractivity contribution in [2.24, 2.45) is 0 Å². The molecule has 0 saturated heterocycles. The lowest BCUT2D eigenvalue weighted by Crippen LogP contribution is -2.31. The number of carbonyl (C=O) groups excluding carboxylic acids is 1. The quantitative estimate of drug-likeness (QED) is 0.709. The highest BCUT2D eigenvalue weighted by Gasteiger charge is 2.19. The Balaban J connectivity index is 2.02. The number of phenolic OH excluding ortho intramolecular Hbond substituents is 1. The van der Waals surface area contributed by atoms with Crippen LogP contribution in [0.5, 0.6) is 5.75 Å². The van der Waals surface area contributed by atoms with Crippen LogP contribution in [0.1, 0.15) is 23.6 Å². The molecule has 0 radical (unpaired) electrons. The van der Waals surface area contributed by atoms with Gasteiger partial charge in [-0.15, -0.1) is 0 Å². The molecule has 2 aromatic rings. The highest BCUT2D eigenvalue weighted by Crippen LogP contribution is 2.20. The Morgan fingerprint density at radius 1 is 1.12 bits per heavy atom. The number of aromatic hydroxyl groups is 1. The van der Waals surface area contributed by atoms with Crippen molar-refractivity contribution in [2.75, 3.05) is 6.61 Å². The van der Waals surface area contributed by atoms with Gasteiger partial charge in [0.1, 0.15) is 5.75 Å². The van der Waals surface area contributed by atoms with E-state index >= 15 is 0 Å². The van der Waals surface area contributed by atoms with Crippen LogP contribution >= 0.6 is 0 Å². The standard InChI is InChI=1S/C17H16F3NO3/c18-12-7-11(8-13(19)17(12)20)14(9-22)21-16(24)6-5-10-3-1-2-4-15(10)23/h1-4,7-8,14,22-23H,5-6,9H2,(H,21,24). The van der Waals surface area contributed by atoms with Crippen LogP contribution in [0.3, 0.4) is 0 Å². The summed E-state index contributed by atoms with van der Waals surface area (Å²) in [6.45, 7) is -0.604. The van der Waals surface area contributed by atoms with E-state index in [2.05, 4.69) is 5.32 Å². The van der Waals surface area contributed by atoms with Crippen molar-refractivity contribution in [3.8, 4) is 5.75 Å². The highest BCUT2D eigenvalue weighted by atomic mass is 19.2. The third-order valence-corrected chi connectivity index (χ3v) is 3.54. The number of aliphatic hydroxyl groups is 1. The predicted molar refractivity (Wildman–Crippen MR) is 80.7 cm³/mol. The topological polar surface area (TPSA) is 69.6 Å². The van der Waals surface area contributed by atoms with Gasteiger partial charge in [0, 0.05) is 6.42 Å². The van der Waals surface area contributed by atoms with Gasteiger partial charge in [-0.3, -0.25) is 4.79 Å². The molecule has 0 aliphatic rings. The fraction of sp³-hybridized carbons (Fsp3) is 0.235. The summed E-state index contributed by atoms with van der Waals surface area (Å²) in [5.74, 6) is -4.82. The van der Waals surface area contributed by atoms with Crippen molar-refractivity contribution in [1.82, 2.24) is 5.32 Å². The van der Waals surface area contributed by atoms with E-state index in [1.54, 1.807) is 18.2 Å². The molecule has 0 saturated carbocycles. The lowest BCUT2D eigenvalue weighted by Gasteiger charge is -2.17. The van der Waals surface area contributed by atoms with Gasteiger partial charge in [-0.2, -0.15) is 0 Å². The van der Waals surface area contributed by atoms with E-state index in [9.17, 15) is 28.2 Å². The van der Waals surface area contributed by atoms with Gasteiger partial charge in [0.05, 0.1) is 12.6 Å². The molecular weight excluding hydrogens is 323 g/mol. The zero-order chi connectivity index (χ0) is 17.7. The summed E-state index contributed by atoms with van der Waals surface area (Å²) in [6, 6.07) is 6.91. The summed E-state index contributed by atoms with van der Waals surface area (Å²) in [7, 11) is 0. The summed E-state index contributed by atoms with van der Waals surface area (Å²) in [4.78, 5) is 11.9. The molecule has 7 heteroatoms. The van der Waals surface area contributed by atoms with Crippen LogP contribution in [0.15, 0.2) is 36.4 Å². The molecule has 2 aromatic carbocycles. The van der Waals surface area contributed by atoms with Crippen molar-refractivity contribution < 1.29 is 28.2 Å². The van der Waals surface area contributed by atoms with E-state index in [1.807, 2.05) is 0 Å². The van der Waals surface area contributed by atoms with Crippen LogP contribution in [0.2, 0.25) is 0 Å². The fourth-order valence-electron chi connectivity index (χ4n) is 2.25. The van der Waals surface area contributed by atoms with Gasteiger partial charge in [0.15, 0.2) is 17.5 Å². The van der Waals surface area contributed by atoms with Crippen LogP contribution in [0.4, 0.5) is 13.2 Å². The zero-order valence-electron chi connectivity index (χ0n) is 12.6. The summed E-state index contributed by atoms with van der Waals surface area (Å²) < 4.78 is 39.5. The Labute approximate surface area is 136 Å². The molecule has 0 spiro atoms. The minimum Gasteiger partial charge on any atom is -0.508 e. The van der Waals surface area contributed by atoms with Crippen molar-refractivity contribution in [3.05, 3.63) is 65.0 Å². The number of para-hydroxylation sites is 1. The SMILES string of the molecule is O=C(CCc1ccccc1O)NC(CO)c1cc(F)c(F)c(F)c1. The third-order valence-electron chi connectivity index (χ3n) is 3.54. The number of phenols is 1. The number of aryl methyl sites for hydroxylation is 1. The third kappa shape index (κ3) is 4.26. The second kappa shape index (κ2) is 7.83. The molecule has 1 amide bonds. The van der Waals surface area contributed by atoms with Gasteiger partial charge in [0.25, 0.3) is 0 Å². The van der Waals surface area contributed by atoms with Gasteiger partial charge in [-0.25, -0.2) is 13.2 Å². The monoisotopic (exact) mass is 339 g/mol. The van der Waals surface area contributed by atoms with Crippen molar-refractivity contribution in [2.45, 2.75) is 18.9 Å². The number of aliphatic hydroxyl groups excluding tert-OH is 1. The zero-order valence-corrected chi connectivity index (χ0v) is 12.6. The number of rotatable bonds is 6. The molecule has 0 bridgehead atoms. The number of hydrogen-bond acceptors (Lipinski definition) is 3. The van der Waals surface area contributed by atoms with Crippen molar-refractivity contribution in [3.63, 3.8) is 0 Å². The predicted octanol–water partition coefficient (Wildman–Crippen LogP) is 2.59. The van der Waals surface area contributed by atoms with Crippen LogP contribution in [0, 0.1) is 17.5 Å². The maximum Gasteiger partial charge on any atom is 0.220 e. The average molecular weight is 339 g/mol. The van der Waals surface area contributed by atoms with E-state index in [1.165, 1.54) is 6.07 Å². The van der Waals surface area contributed by atoms with Crippen LogP contribution in [0.25, 0.3) is 0 Å². The van der Waals surface area contributed by atoms with E-state index in [0.717, 1.165) is 12.1 Å². The van der Waals surface area contributed by atoms with E-state index < -0.39 is 36.0 Å². The van der Waals surface area contributed by atoms with E-state index in [4.69, 9.17) is 0 Å². The lowest BCUT2D eigenvalue weighted by molar-refractivity contribution is -0.122. The van der Waals surface area contributed by atoms with Crippen molar-refractivity contribution >= 4 is 5.91 Å². The Bertz CT molecular complexity index is 714. The molecule has 1 unspecified atom stereocenters. The van der Waals surface area contributed by atoms with Crippen LogP contribution in [-0.4, -0.2) is 22.7 Å². The van der Waals surface area contributed by atoms with Gasteiger partial charge < -0.3 is 15.5 Å². The Morgan fingerprint density at radius 3 is 2.33 bits per heavy atom. The molecule has 3 N–H and O–H groups in total. The summed E-state index contributed by atoms with van der Waals surface area (Å²) >= 11 is 0. The maximum absolute atomic E-state index is 13.3. The molecular formula is C17H16F3NO3. The maximum atomic E-state index is 13.3. The molecule has 0 heterocycles. The van der Waals surface area contributed by atoms with Gasteiger partial charge in [-0.1, -0.05) is 18.2 Å². The summed E-state index contributed by atoms with van der Waals surface area (Å²) in [5.41, 5.74) is 0.497. The van der Waals surface area contributed by atoms with Crippen LogP contribution in [-0.2, 0) is 11.2 Å². The first-order valence-electron chi connectivity index (χ1n) is 7.24. The first-order valence-corrected chi connectivity index (χ1v) is 7.24. The Kier molecular flexibility index (Phi) is 5.81. The minimum absolute atomic E-state index is 0.000230. The van der Waals surface area contributed by atoms with Crippen LogP contribution < -0.4 is 5.32 Å². The number of hydrogen-bond donors (Lipinski definition) is 3. The Hall–Kier alpha value is -2.54. The smallest absolute Gasteiger partial charge is 0.220 e. The molecule has 0 fully saturated rings. The molecule has 24 heavy (non-hydrogen) atoms. The number of benzene rings is 2. The Morgan fingerprint density at radius 2 is 1.75 bits per heavy atom. The molecule has 0 aromatic heterocycles. The molecule has 4 nitrogen and oxygen atoms in total. The van der Waals surface area contributed by atoms with E-state index in [0.29, 0.717) is 5.56 Å².